The van der Waals surface area contributed by atoms with Gasteiger partial charge in [0.05, 0.1) is 0 Å². The van der Waals surface area contributed by atoms with Gasteiger partial charge in [0, 0.05) is 6.04 Å². The molecule has 3 N–H and O–H groups in total. The SMILES string of the molecule is CC(C)C(CC(N)C(F)(F)F)NC(=O)OC(C)(C)C. The number of carbonyl (C=O) groups is 1. The van der Waals surface area contributed by atoms with E-state index < -0.39 is 30.0 Å². The molecule has 7 heteroatoms. The highest BCUT2D eigenvalue weighted by atomic mass is 19.4. The lowest BCUT2D eigenvalue weighted by molar-refractivity contribution is -0.150. The van der Waals surface area contributed by atoms with E-state index in [2.05, 4.69) is 5.32 Å². The molecular weight excluding hydrogens is 261 g/mol. The maximum atomic E-state index is 12.4. The van der Waals surface area contributed by atoms with Gasteiger partial charge in [0.15, 0.2) is 0 Å². The lowest BCUT2D eigenvalue weighted by Crippen LogP contribution is -2.48. The summed E-state index contributed by atoms with van der Waals surface area (Å²) in [6.07, 6.45) is -5.58. The molecule has 4 nitrogen and oxygen atoms in total. The van der Waals surface area contributed by atoms with E-state index in [9.17, 15) is 18.0 Å². The normalized spacial score (nSPS) is 16.1. The van der Waals surface area contributed by atoms with Crippen LogP contribution in [-0.4, -0.2) is 30.0 Å². The van der Waals surface area contributed by atoms with Crippen molar-refractivity contribution in [2.24, 2.45) is 11.7 Å². The van der Waals surface area contributed by atoms with Gasteiger partial charge in [-0.25, -0.2) is 4.79 Å². The summed E-state index contributed by atoms with van der Waals surface area (Å²) in [5.41, 5.74) is 4.38. The summed E-state index contributed by atoms with van der Waals surface area (Å²) in [5, 5.41) is 2.43. The number of hydrogen-bond donors (Lipinski definition) is 2. The third-order valence-electron chi connectivity index (χ3n) is 2.44. The zero-order valence-electron chi connectivity index (χ0n) is 12.0. The Bertz CT molecular complexity index is 298. The highest BCUT2D eigenvalue weighted by Gasteiger charge is 2.39. The van der Waals surface area contributed by atoms with Crippen LogP contribution in [0.2, 0.25) is 0 Å². The summed E-state index contributed by atoms with van der Waals surface area (Å²) in [6.45, 7) is 8.46. The minimum absolute atomic E-state index is 0.180. The molecule has 0 aliphatic heterocycles. The molecule has 0 rings (SSSR count). The van der Waals surface area contributed by atoms with E-state index in [1.165, 1.54) is 0 Å². The number of ether oxygens (including phenoxy) is 1. The van der Waals surface area contributed by atoms with Crippen LogP contribution < -0.4 is 11.1 Å². The Balaban J connectivity index is 4.56. The van der Waals surface area contributed by atoms with E-state index in [4.69, 9.17) is 10.5 Å². The number of hydrogen-bond acceptors (Lipinski definition) is 3. The minimum atomic E-state index is -4.47. The smallest absolute Gasteiger partial charge is 0.407 e. The molecule has 2 unspecified atom stereocenters. The van der Waals surface area contributed by atoms with Gasteiger partial charge >= 0.3 is 12.3 Å². The number of amides is 1. The van der Waals surface area contributed by atoms with Crippen LogP contribution in [0.3, 0.4) is 0 Å². The molecule has 0 aromatic heterocycles. The van der Waals surface area contributed by atoms with E-state index in [1.54, 1.807) is 34.6 Å². The molecule has 0 aromatic carbocycles. The van der Waals surface area contributed by atoms with Crippen molar-refractivity contribution in [3.8, 4) is 0 Å². The summed E-state index contributed by atoms with van der Waals surface area (Å²) in [5.74, 6) is -0.180. The van der Waals surface area contributed by atoms with E-state index in [-0.39, 0.29) is 12.3 Å². The van der Waals surface area contributed by atoms with Crippen LogP contribution in [0.15, 0.2) is 0 Å². The van der Waals surface area contributed by atoms with Crippen molar-refractivity contribution >= 4 is 6.09 Å². The zero-order chi connectivity index (χ0) is 15.4. The topological polar surface area (TPSA) is 64.3 Å². The Labute approximate surface area is 111 Å². The highest BCUT2D eigenvalue weighted by molar-refractivity contribution is 5.68. The van der Waals surface area contributed by atoms with Gasteiger partial charge in [0.1, 0.15) is 11.6 Å². The molecular formula is C12H23F3N2O2. The van der Waals surface area contributed by atoms with Gasteiger partial charge in [-0.2, -0.15) is 13.2 Å². The third kappa shape index (κ3) is 7.92. The third-order valence-corrected chi connectivity index (χ3v) is 2.44. The number of carbonyl (C=O) groups excluding carboxylic acids is 1. The Morgan fingerprint density at radius 1 is 1.26 bits per heavy atom. The van der Waals surface area contributed by atoms with Gasteiger partial charge < -0.3 is 15.8 Å². The van der Waals surface area contributed by atoms with Gasteiger partial charge in [-0.05, 0) is 33.1 Å². The fraction of sp³-hybridized carbons (Fsp3) is 0.917. The molecule has 0 spiro atoms. The van der Waals surface area contributed by atoms with Crippen LogP contribution in [0, 0.1) is 5.92 Å². The van der Waals surface area contributed by atoms with Crippen molar-refractivity contribution in [1.29, 1.82) is 0 Å². The molecule has 0 saturated carbocycles. The molecule has 0 fully saturated rings. The van der Waals surface area contributed by atoms with Gasteiger partial charge in [-0.1, -0.05) is 13.8 Å². The molecule has 0 aromatic rings. The Morgan fingerprint density at radius 3 is 2.05 bits per heavy atom. The van der Waals surface area contributed by atoms with Gasteiger partial charge in [-0.15, -0.1) is 0 Å². The maximum Gasteiger partial charge on any atom is 0.407 e. The van der Waals surface area contributed by atoms with Crippen molar-refractivity contribution < 1.29 is 22.7 Å². The average Bonchev–Trinajstić information content (AvgIpc) is 2.11. The molecule has 114 valence electrons. The van der Waals surface area contributed by atoms with E-state index >= 15 is 0 Å². The highest BCUT2D eigenvalue weighted by Crippen LogP contribution is 2.23. The zero-order valence-corrected chi connectivity index (χ0v) is 12.0. The van der Waals surface area contributed by atoms with Gasteiger partial charge in [0.25, 0.3) is 0 Å². The lowest BCUT2D eigenvalue weighted by atomic mass is 9.97. The standard InChI is InChI=1S/C12H23F3N2O2/c1-7(2)8(6-9(16)12(13,14)15)17-10(18)19-11(3,4)5/h7-9H,6,16H2,1-5H3,(H,17,18). The number of nitrogens with one attached hydrogen (secondary N) is 1. The first kappa shape index (κ1) is 18.0. The summed E-state index contributed by atoms with van der Waals surface area (Å²) in [7, 11) is 0. The Hall–Kier alpha value is -0.980. The van der Waals surface area contributed by atoms with Crippen LogP contribution in [0.1, 0.15) is 41.0 Å². The summed E-state index contributed by atoms with van der Waals surface area (Å²) >= 11 is 0. The van der Waals surface area contributed by atoms with Crippen LogP contribution in [0.4, 0.5) is 18.0 Å². The van der Waals surface area contributed by atoms with Crippen molar-refractivity contribution in [1.82, 2.24) is 5.32 Å². The van der Waals surface area contributed by atoms with Crippen LogP contribution >= 0.6 is 0 Å². The second-order valence-electron chi connectivity index (χ2n) is 5.88. The summed E-state index contributed by atoms with van der Waals surface area (Å²) in [6, 6.07) is -2.65. The molecule has 1 amide bonds. The first-order chi connectivity index (χ1) is 8.33. The second-order valence-corrected chi connectivity index (χ2v) is 5.88. The minimum Gasteiger partial charge on any atom is -0.444 e. The van der Waals surface area contributed by atoms with Crippen molar-refractivity contribution in [3.05, 3.63) is 0 Å². The van der Waals surface area contributed by atoms with Crippen molar-refractivity contribution in [2.75, 3.05) is 0 Å². The van der Waals surface area contributed by atoms with Gasteiger partial charge in [-0.3, -0.25) is 0 Å². The molecule has 0 radical (unpaired) electrons. The molecule has 19 heavy (non-hydrogen) atoms. The first-order valence-corrected chi connectivity index (χ1v) is 6.14. The van der Waals surface area contributed by atoms with Crippen molar-refractivity contribution in [3.63, 3.8) is 0 Å². The monoisotopic (exact) mass is 284 g/mol. The van der Waals surface area contributed by atoms with E-state index in [0.29, 0.717) is 0 Å². The van der Waals surface area contributed by atoms with Crippen molar-refractivity contribution in [2.45, 2.75) is 64.9 Å². The molecule has 2 atom stereocenters. The Kier molecular flexibility index (Phi) is 6.12. The van der Waals surface area contributed by atoms with E-state index in [1.807, 2.05) is 0 Å². The quantitative estimate of drug-likeness (QED) is 0.834. The predicted molar refractivity (Wildman–Crippen MR) is 66.6 cm³/mol. The molecule has 0 aliphatic rings. The molecule has 0 saturated heterocycles. The molecule has 0 bridgehead atoms. The molecule has 0 heterocycles. The largest absolute Gasteiger partial charge is 0.444 e. The predicted octanol–water partition coefficient (Wildman–Crippen LogP) is 2.82. The summed E-state index contributed by atoms with van der Waals surface area (Å²) in [4.78, 5) is 11.5. The fourth-order valence-electron chi connectivity index (χ4n) is 1.36. The second kappa shape index (κ2) is 6.45. The van der Waals surface area contributed by atoms with Crippen LogP contribution in [0.5, 0.6) is 0 Å². The van der Waals surface area contributed by atoms with Crippen LogP contribution in [-0.2, 0) is 4.74 Å². The van der Waals surface area contributed by atoms with Gasteiger partial charge in [0.2, 0.25) is 0 Å². The lowest BCUT2D eigenvalue weighted by Gasteiger charge is -2.28. The van der Waals surface area contributed by atoms with Crippen LogP contribution in [0.25, 0.3) is 0 Å². The van der Waals surface area contributed by atoms with E-state index in [0.717, 1.165) is 0 Å². The number of alkyl carbamates (subject to hydrolysis) is 1. The molecule has 0 aliphatic carbocycles. The number of rotatable bonds is 4. The number of alkyl halides is 3. The Morgan fingerprint density at radius 2 is 1.74 bits per heavy atom. The first-order valence-electron chi connectivity index (χ1n) is 6.14. The fourth-order valence-corrected chi connectivity index (χ4v) is 1.36. The average molecular weight is 284 g/mol. The number of halogens is 3. The summed E-state index contributed by atoms with van der Waals surface area (Å²) < 4.78 is 42.3. The number of nitrogens with two attached hydrogens (primary N) is 1. The maximum absolute atomic E-state index is 12.4.